The van der Waals surface area contributed by atoms with Crippen molar-refractivity contribution in [1.29, 1.82) is 0 Å². The van der Waals surface area contributed by atoms with Gasteiger partial charge in [0.15, 0.2) is 0 Å². The first kappa shape index (κ1) is 23.8. The molecule has 0 radical (unpaired) electrons. The molecule has 34 heavy (non-hydrogen) atoms. The lowest BCUT2D eigenvalue weighted by Gasteiger charge is -2.40. The van der Waals surface area contributed by atoms with Crippen LogP contribution in [0.2, 0.25) is 0 Å². The predicted molar refractivity (Wildman–Crippen MR) is 128 cm³/mol. The zero-order valence-electron chi connectivity index (χ0n) is 20.0. The molecule has 1 atom stereocenters. The van der Waals surface area contributed by atoms with Crippen LogP contribution < -0.4 is 5.32 Å². The quantitative estimate of drug-likeness (QED) is 0.666. The van der Waals surface area contributed by atoms with Crippen molar-refractivity contribution in [1.82, 2.24) is 10.2 Å². The molecule has 1 fully saturated rings. The Labute approximate surface area is 200 Å². The number of likely N-dealkylation sites (tertiary alicyclic amines) is 1. The normalized spacial score (nSPS) is 19.8. The fourth-order valence-corrected chi connectivity index (χ4v) is 5.03. The number of hydrogen-bond acceptors (Lipinski definition) is 4. The summed E-state index contributed by atoms with van der Waals surface area (Å²) in [4.78, 5) is 38.9. The van der Waals surface area contributed by atoms with E-state index < -0.39 is 22.9 Å². The molecular weight excluding hydrogens is 432 g/mol. The first-order chi connectivity index (χ1) is 16.1. The third kappa shape index (κ3) is 4.52. The maximum Gasteiger partial charge on any atom is 0.407 e. The number of nitrogens with zero attached hydrogens (tertiary/aromatic N) is 1. The molecule has 180 valence electrons. The number of carbonyl (C=O) groups is 3. The largest absolute Gasteiger partial charge is 0.481 e. The summed E-state index contributed by atoms with van der Waals surface area (Å²) in [5, 5.41) is 12.3. The van der Waals surface area contributed by atoms with Crippen LogP contribution in [0.4, 0.5) is 4.79 Å². The van der Waals surface area contributed by atoms with Gasteiger partial charge in [-0.1, -0.05) is 48.5 Å². The van der Waals surface area contributed by atoms with Crippen LogP contribution in [0, 0.1) is 10.8 Å². The number of fused-ring (bicyclic) bond motifs is 3. The molecule has 7 nitrogen and oxygen atoms in total. The molecule has 2 amide bonds. The van der Waals surface area contributed by atoms with Gasteiger partial charge in [-0.05, 0) is 55.9 Å². The van der Waals surface area contributed by atoms with Gasteiger partial charge in [-0.25, -0.2) is 4.79 Å². The molecule has 2 N–H and O–H groups in total. The molecule has 1 aliphatic heterocycles. The highest BCUT2D eigenvalue weighted by Crippen LogP contribution is 2.44. The number of nitrogens with one attached hydrogen (secondary N) is 1. The van der Waals surface area contributed by atoms with E-state index in [9.17, 15) is 19.5 Å². The van der Waals surface area contributed by atoms with E-state index in [0.29, 0.717) is 19.4 Å². The average molecular weight is 465 g/mol. The van der Waals surface area contributed by atoms with Crippen molar-refractivity contribution >= 4 is 18.0 Å². The highest BCUT2D eigenvalue weighted by Gasteiger charge is 2.42. The summed E-state index contributed by atoms with van der Waals surface area (Å²) in [6.07, 6.45) is 0.617. The Morgan fingerprint density at radius 1 is 1.09 bits per heavy atom. The van der Waals surface area contributed by atoms with Gasteiger partial charge in [-0.3, -0.25) is 9.59 Å². The first-order valence-electron chi connectivity index (χ1n) is 11.7. The van der Waals surface area contributed by atoms with Crippen LogP contribution >= 0.6 is 0 Å². The van der Waals surface area contributed by atoms with Crippen molar-refractivity contribution < 1.29 is 24.2 Å². The third-order valence-corrected chi connectivity index (χ3v) is 7.10. The van der Waals surface area contributed by atoms with Gasteiger partial charge in [0.2, 0.25) is 5.91 Å². The van der Waals surface area contributed by atoms with E-state index in [1.807, 2.05) is 24.3 Å². The summed E-state index contributed by atoms with van der Waals surface area (Å²) in [5.41, 5.74) is 2.77. The van der Waals surface area contributed by atoms with E-state index in [1.54, 1.807) is 25.7 Å². The number of piperidine rings is 1. The van der Waals surface area contributed by atoms with Crippen molar-refractivity contribution in [2.24, 2.45) is 10.8 Å². The maximum atomic E-state index is 13.1. The van der Waals surface area contributed by atoms with Crippen molar-refractivity contribution in [3.8, 4) is 11.1 Å². The second-order valence-corrected chi connectivity index (χ2v) is 10.3. The number of ether oxygens (including phenoxy) is 1. The third-order valence-electron chi connectivity index (χ3n) is 7.10. The van der Waals surface area contributed by atoms with Crippen LogP contribution in [0.1, 0.15) is 50.7 Å². The van der Waals surface area contributed by atoms with E-state index in [4.69, 9.17) is 4.74 Å². The van der Waals surface area contributed by atoms with E-state index >= 15 is 0 Å². The van der Waals surface area contributed by atoms with Crippen LogP contribution in [-0.2, 0) is 14.3 Å². The number of carboxylic acids is 1. The van der Waals surface area contributed by atoms with Crippen molar-refractivity contribution in [2.75, 3.05) is 26.2 Å². The number of benzene rings is 2. The second-order valence-electron chi connectivity index (χ2n) is 10.3. The minimum Gasteiger partial charge on any atom is -0.481 e. The molecule has 2 aromatic carbocycles. The van der Waals surface area contributed by atoms with Gasteiger partial charge in [0.25, 0.3) is 0 Å². The lowest BCUT2D eigenvalue weighted by molar-refractivity contribution is -0.155. The zero-order chi connectivity index (χ0) is 24.5. The number of carbonyl (C=O) groups excluding carboxylic acids is 2. The fraction of sp³-hybridized carbons (Fsp3) is 0.444. The number of hydrogen-bond donors (Lipinski definition) is 2. The molecule has 0 saturated carbocycles. The monoisotopic (exact) mass is 464 g/mol. The molecule has 1 aliphatic carbocycles. The Hall–Kier alpha value is -3.35. The average Bonchev–Trinajstić information content (AvgIpc) is 3.14. The van der Waals surface area contributed by atoms with Gasteiger partial charge in [0.1, 0.15) is 6.61 Å². The lowest BCUT2D eigenvalue weighted by Crippen LogP contribution is -2.54. The van der Waals surface area contributed by atoms with E-state index in [-0.39, 0.29) is 31.5 Å². The van der Waals surface area contributed by atoms with E-state index in [2.05, 4.69) is 29.6 Å². The smallest absolute Gasteiger partial charge is 0.407 e. The number of rotatable bonds is 6. The van der Waals surface area contributed by atoms with Gasteiger partial charge in [0.05, 0.1) is 10.8 Å². The van der Waals surface area contributed by atoms with Gasteiger partial charge in [-0.15, -0.1) is 0 Å². The molecule has 1 saturated heterocycles. The van der Waals surface area contributed by atoms with Gasteiger partial charge in [-0.2, -0.15) is 0 Å². The summed E-state index contributed by atoms with van der Waals surface area (Å²) in [5.74, 6) is -1.09. The number of amides is 2. The molecule has 4 rings (SSSR count). The Bertz CT molecular complexity index is 1070. The first-order valence-corrected chi connectivity index (χ1v) is 11.7. The lowest BCUT2D eigenvalue weighted by atomic mass is 9.80. The van der Waals surface area contributed by atoms with Crippen molar-refractivity contribution in [3.63, 3.8) is 0 Å². The maximum absolute atomic E-state index is 13.1. The molecular formula is C27H32N2O5. The van der Waals surface area contributed by atoms with Crippen LogP contribution in [0.25, 0.3) is 11.1 Å². The Morgan fingerprint density at radius 2 is 1.68 bits per heavy atom. The Kier molecular flexibility index (Phi) is 6.39. The van der Waals surface area contributed by atoms with E-state index in [1.165, 1.54) is 0 Å². The summed E-state index contributed by atoms with van der Waals surface area (Å²) in [7, 11) is 0. The standard InChI is InChI=1S/C27H32N2O5/c1-26(2,23(30)29-14-8-13-27(3,17-29)24(31)32)16-28-25(33)34-15-22-20-11-6-4-9-18(20)19-10-5-7-12-21(19)22/h4-7,9-12,22H,8,13-17H2,1-3H3,(H,28,33)(H,31,32). The minimum absolute atomic E-state index is 0.0326. The summed E-state index contributed by atoms with van der Waals surface area (Å²) in [6, 6.07) is 16.3. The summed E-state index contributed by atoms with van der Waals surface area (Å²) < 4.78 is 5.57. The van der Waals surface area contributed by atoms with Crippen LogP contribution in [0.15, 0.2) is 48.5 Å². The van der Waals surface area contributed by atoms with Crippen LogP contribution in [-0.4, -0.2) is 54.2 Å². The molecule has 0 spiro atoms. The van der Waals surface area contributed by atoms with Crippen molar-refractivity contribution in [2.45, 2.75) is 39.5 Å². The van der Waals surface area contributed by atoms with Crippen LogP contribution in [0.5, 0.6) is 0 Å². The second kappa shape index (κ2) is 9.12. The van der Waals surface area contributed by atoms with E-state index in [0.717, 1.165) is 22.3 Å². The topological polar surface area (TPSA) is 95.9 Å². The van der Waals surface area contributed by atoms with Gasteiger partial charge >= 0.3 is 12.1 Å². The molecule has 7 heteroatoms. The number of aliphatic carboxylic acids is 1. The molecule has 1 heterocycles. The Morgan fingerprint density at radius 3 is 2.26 bits per heavy atom. The SMILES string of the molecule is CC(C)(CNC(=O)OCC1c2ccccc2-c2ccccc21)C(=O)N1CCCC(C)(C(=O)O)C1. The van der Waals surface area contributed by atoms with Gasteiger partial charge in [0, 0.05) is 25.6 Å². The highest BCUT2D eigenvalue weighted by atomic mass is 16.5. The predicted octanol–water partition coefficient (Wildman–Crippen LogP) is 4.26. The highest BCUT2D eigenvalue weighted by molar-refractivity contribution is 5.84. The molecule has 0 aromatic heterocycles. The zero-order valence-corrected chi connectivity index (χ0v) is 20.0. The van der Waals surface area contributed by atoms with Crippen molar-refractivity contribution in [3.05, 3.63) is 59.7 Å². The molecule has 1 unspecified atom stereocenters. The van der Waals surface area contributed by atoms with Gasteiger partial charge < -0.3 is 20.1 Å². The molecule has 2 aromatic rings. The number of carboxylic acid groups (broad SMARTS) is 1. The summed E-state index contributed by atoms with van der Waals surface area (Å²) >= 11 is 0. The minimum atomic E-state index is -0.940. The molecule has 0 bridgehead atoms. The molecule has 2 aliphatic rings. The number of alkyl carbamates (subject to hydrolysis) is 1. The fourth-order valence-electron chi connectivity index (χ4n) is 5.03. The Balaban J connectivity index is 1.34. The summed E-state index contributed by atoms with van der Waals surface area (Å²) in [6.45, 7) is 6.19. The van der Waals surface area contributed by atoms with Crippen LogP contribution in [0.3, 0.4) is 0 Å².